The molecule has 1 aromatic carbocycles. The number of aliphatic carboxylic acids is 1. The first-order chi connectivity index (χ1) is 7.92. The molecule has 0 radical (unpaired) electrons. The highest BCUT2D eigenvalue weighted by atomic mass is 35.5. The highest BCUT2D eigenvalue weighted by molar-refractivity contribution is 6.30. The number of ether oxygens (including phenoxy) is 1. The van der Waals surface area contributed by atoms with E-state index in [4.69, 9.17) is 26.4 Å². The van der Waals surface area contributed by atoms with E-state index in [1.807, 2.05) is 6.92 Å². The average molecular weight is 261 g/mol. The normalized spacial score (nSPS) is 10.8. The molecule has 1 atom stereocenters. The molecule has 0 heterocycles. The van der Waals surface area contributed by atoms with Gasteiger partial charge in [-0.05, 0) is 37.6 Å². The van der Waals surface area contributed by atoms with E-state index >= 15 is 0 Å². The van der Waals surface area contributed by atoms with Crippen molar-refractivity contribution in [1.82, 2.24) is 0 Å². The predicted octanol–water partition coefficient (Wildman–Crippen LogP) is 2.13. The predicted molar refractivity (Wildman–Crippen MR) is 63.9 cm³/mol. The zero-order chi connectivity index (χ0) is 13.4. The van der Waals surface area contributed by atoms with Crippen LogP contribution in [0.25, 0.3) is 0 Å². The fourth-order valence-corrected chi connectivity index (χ4v) is 1.21. The lowest BCUT2D eigenvalue weighted by atomic mass is 10.2. The van der Waals surface area contributed by atoms with Crippen molar-refractivity contribution in [2.75, 3.05) is 0 Å². The molecule has 1 unspecified atom stereocenters. The molecule has 0 aliphatic heterocycles. The summed E-state index contributed by atoms with van der Waals surface area (Å²) in [5.74, 6) is 3.48. The lowest BCUT2D eigenvalue weighted by molar-refractivity contribution is -0.144. The third-order valence-corrected chi connectivity index (χ3v) is 2.02. The van der Waals surface area contributed by atoms with Crippen molar-refractivity contribution < 1.29 is 14.6 Å². The van der Waals surface area contributed by atoms with Gasteiger partial charge in [0.15, 0.2) is 6.10 Å². The van der Waals surface area contributed by atoms with Gasteiger partial charge in [0.25, 0.3) is 0 Å². The first-order valence-electron chi connectivity index (χ1n) is 4.60. The molecular formula is C10H13ClN2O4. The molecule has 1 rings (SSSR count). The molecule has 0 aliphatic carbocycles. The molecule has 0 aromatic heterocycles. The van der Waals surface area contributed by atoms with Gasteiger partial charge < -0.3 is 9.84 Å². The van der Waals surface area contributed by atoms with E-state index in [9.17, 15) is 4.79 Å². The molecular weight excluding hydrogens is 248 g/mol. The number of hydrogen-bond acceptors (Lipinski definition) is 4. The number of carbonyl (C=O) groups is 1. The van der Waals surface area contributed by atoms with Gasteiger partial charge >= 0.3 is 5.97 Å². The number of carboxylic acids is 1. The van der Waals surface area contributed by atoms with Crippen molar-refractivity contribution in [3.05, 3.63) is 33.7 Å². The smallest absolute Gasteiger partial charge is 0.344 e. The van der Waals surface area contributed by atoms with Gasteiger partial charge in [0.2, 0.25) is 0 Å². The summed E-state index contributed by atoms with van der Waals surface area (Å²) >= 11 is 5.74. The topological polar surface area (TPSA) is 102 Å². The number of halogens is 1. The fraction of sp³-hybridized carbons (Fsp3) is 0.300. The second kappa shape index (κ2) is 7.45. The number of rotatable bonds is 3. The minimum Gasteiger partial charge on any atom is -0.479 e. The van der Waals surface area contributed by atoms with E-state index in [2.05, 4.69) is 5.84 Å². The van der Waals surface area contributed by atoms with Gasteiger partial charge in [-0.15, -0.1) is 4.91 Å². The zero-order valence-electron chi connectivity index (χ0n) is 9.38. The maximum Gasteiger partial charge on any atom is 0.344 e. The molecule has 17 heavy (non-hydrogen) atoms. The molecule has 0 fully saturated rings. The van der Waals surface area contributed by atoms with Crippen LogP contribution < -0.4 is 10.6 Å². The molecule has 0 aliphatic rings. The number of nitroso groups, excluding NO2 is 1. The molecule has 3 N–H and O–H groups in total. The van der Waals surface area contributed by atoms with Gasteiger partial charge in [0.1, 0.15) is 5.75 Å². The number of carboxylic acid groups (broad SMARTS) is 1. The highest BCUT2D eigenvalue weighted by Crippen LogP contribution is 2.22. The van der Waals surface area contributed by atoms with Gasteiger partial charge in [-0.3, -0.25) is 5.84 Å². The molecule has 6 nitrogen and oxygen atoms in total. The zero-order valence-corrected chi connectivity index (χ0v) is 10.1. The van der Waals surface area contributed by atoms with Gasteiger partial charge in [0.05, 0.1) is 0 Å². The van der Waals surface area contributed by atoms with Gasteiger partial charge in [0, 0.05) is 10.3 Å². The summed E-state index contributed by atoms with van der Waals surface area (Å²) < 4.78 is 5.20. The maximum absolute atomic E-state index is 10.5. The van der Waals surface area contributed by atoms with Crippen LogP contribution in [0, 0.1) is 11.8 Å². The van der Waals surface area contributed by atoms with E-state index in [1.54, 1.807) is 23.5 Å². The Labute approximate surface area is 103 Å². The van der Waals surface area contributed by atoms with Crippen LogP contribution in [0.4, 0.5) is 0 Å². The first-order valence-corrected chi connectivity index (χ1v) is 4.98. The molecule has 94 valence electrons. The first kappa shape index (κ1) is 15.2. The highest BCUT2D eigenvalue weighted by Gasteiger charge is 2.13. The van der Waals surface area contributed by atoms with Crippen molar-refractivity contribution in [3.8, 4) is 5.75 Å². The molecule has 0 spiro atoms. The largest absolute Gasteiger partial charge is 0.479 e. The van der Waals surface area contributed by atoms with Crippen molar-refractivity contribution in [2.24, 2.45) is 11.1 Å². The second-order valence-corrected chi connectivity index (χ2v) is 3.55. The Bertz CT molecular complexity index is 398. The molecule has 0 amide bonds. The summed E-state index contributed by atoms with van der Waals surface area (Å²) in [6.45, 7) is 3.30. The standard InChI is InChI=1S/C10H11ClO3.H2N2O/c1-6-5-8(11)3-4-9(6)14-7(2)10(12)13;1-2-3/h3-5,7H,1-2H3,(H,12,13);(H2,1,3). The Morgan fingerprint density at radius 1 is 1.59 bits per heavy atom. The van der Waals surface area contributed by atoms with Crippen LogP contribution in [-0.4, -0.2) is 17.2 Å². The summed E-state index contributed by atoms with van der Waals surface area (Å²) in [7, 11) is 0. The van der Waals surface area contributed by atoms with Crippen LogP contribution in [0.5, 0.6) is 5.75 Å². The quantitative estimate of drug-likeness (QED) is 0.492. The van der Waals surface area contributed by atoms with Crippen molar-refractivity contribution in [2.45, 2.75) is 20.0 Å². The Kier molecular flexibility index (Phi) is 6.65. The van der Waals surface area contributed by atoms with E-state index in [1.165, 1.54) is 6.92 Å². The Balaban J connectivity index is 0.000000770. The molecule has 0 bridgehead atoms. The average Bonchev–Trinajstić information content (AvgIpc) is 2.23. The van der Waals surface area contributed by atoms with E-state index in [0.717, 1.165) is 5.56 Å². The molecule has 7 heteroatoms. The molecule has 0 saturated heterocycles. The lowest BCUT2D eigenvalue weighted by Gasteiger charge is -2.12. The van der Waals surface area contributed by atoms with E-state index in [-0.39, 0.29) is 0 Å². The van der Waals surface area contributed by atoms with E-state index < -0.39 is 12.1 Å². The SMILES string of the molecule is Cc1cc(Cl)ccc1OC(C)C(=O)O.NN=O. The van der Waals surface area contributed by atoms with Gasteiger partial charge in [-0.1, -0.05) is 11.6 Å². The lowest BCUT2D eigenvalue weighted by Crippen LogP contribution is -2.23. The Morgan fingerprint density at radius 2 is 2.12 bits per heavy atom. The third-order valence-electron chi connectivity index (χ3n) is 1.79. The third kappa shape index (κ3) is 5.72. The minimum absolute atomic E-state index is 0.546. The number of benzene rings is 1. The van der Waals surface area contributed by atoms with Crippen LogP contribution in [0.2, 0.25) is 5.02 Å². The summed E-state index contributed by atoms with van der Waals surface area (Å²) in [5.41, 5.74) is 0.825. The summed E-state index contributed by atoms with van der Waals surface area (Å²) in [6, 6.07) is 5.06. The van der Waals surface area contributed by atoms with Gasteiger partial charge in [-0.2, -0.15) is 0 Å². The summed E-state index contributed by atoms with van der Waals surface area (Å²) in [6.07, 6.45) is -0.852. The molecule has 0 saturated carbocycles. The number of nitrogens with zero attached hydrogens (tertiary/aromatic N) is 1. The fourth-order valence-electron chi connectivity index (χ4n) is 0.986. The summed E-state index contributed by atoms with van der Waals surface area (Å²) in [4.78, 5) is 18.9. The summed E-state index contributed by atoms with van der Waals surface area (Å²) in [5, 5.41) is 11.0. The molecule has 1 aromatic rings. The van der Waals surface area contributed by atoms with Crippen LogP contribution >= 0.6 is 11.6 Å². The van der Waals surface area contributed by atoms with Crippen LogP contribution in [0.15, 0.2) is 23.5 Å². The second-order valence-electron chi connectivity index (χ2n) is 3.11. The maximum atomic E-state index is 10.5. The van der Waals surface area contributed by atoms with Crippen molar-refractivity contribution in [1.29, 1.82) is 0 Å². The van der Waals surface area contributed by atoms with Gasteiger partial charge in [-0.25, -0.2) is 4.79 Å². The van der Waals surface area contributed by atoms with Crippen molar-refractivity contribution >= 4 is 17.6 Å². The number of nitrogens with two attached hydrogens (primary N) is 1. The van der Waals surface area contributed by atoms with Crippen LogP contribution in [0.3, 0.4) is 0 Å². The monoisotopic (exact) mass is 260 g/mol. The van der Waals surface area contributed by atoms with Crippen LogP contribution in [-0.2, 0) is 4.79 Å². The Hall–Kier alpha value is -1.82. The van der Waals surface area contributed by atoms with Crippen LogP contribution in [0.1, 0.15) is 12.5 Å². The number of aryl methyl sites for hydroxylation is 1. The minimum atomic E-state index is -0.987. The van der Waals surface area contributed by atoms with E-state index in [0.29, 0.717) is 10.8 Å². The Morgan fingerprint density at radius 3 is 2.53 bits per heavy atom. The van der Waals surface area contributed by atoms with Crippen molar-refractivity contribution in [3.63, 3.8) is 0 Å². The number of hydrogen-bond donors (Lipinski definition) is 2.